The Labute approximate surface area is 181 Å². The minimum Gasteiger partial charge on any atom is -0.441 e. The van der Waals surface area contributed by atoms with Crippen LogP contribution in [0.4, 0.5) is 26.3 Å². The molecule has 0 bridgehead atoms. The van der Waals surface area contributed by atoms with Crippen molar-refractivity contribution in [3.63, 3.8) is 0 Å². The van der Waals surface area contributed by atoms with Crippen molar-refractivity contribution in [1.29, 1.82) is 0 Å². The molecule has 0 saturated carbocycles. The molecule has 1 aromatic carbocycles. The molecule has 0 radical (unpaired) electrons. The van der Waals surface area contributed by atoms with Crippen LogP contribution in [0.3, 0.4) is 0 Å². The predicted octanol–water partition coefficient (Wildman–Crippen LogP) is -0.495. The van der Waals surface area contributed by atoms with Gasteiger partial charge in [-0.25, -0.2) is 8.42 Å². The van der Waals surface area contributed by atoms with Gasteiger partial charge in [0.05, 0.1) is 0 Å². The van der Waals surface area contributed by atoms with Gasteiger partial charge >= 0.3 is 72.4 Å². The number of sulfonamides is 2. The zero-order valence-corrected chi connectivity index (χ0v) is 17.4. The summed E-state index contributed by atoms with van der Waals surface area (Å²) in [7, 11) is -18.7. The summed E-state index contributed by atoms with van der Waals surface area (Å²) >= 11 is 0. The SMILES string of the molecule is O=S(=O)(N=S(=O)([N-]S(=O)(=O)C(F)(F)F)c1ccccc1)C(F)(F)F.[K+]. The molecule has 0 aliphatic heterocycles. The second-order valence-corrected chi connectivity index (χ2v) is 9.28. The van der Waals surface area contributed by atoms with E-state index >= 15 is 0 Å². The fourth-order valence-corrected chi connectivity index (χ4v) is 5.41. The third-order valence-corrected chi connectivity index (χ3v) is 7.28. The third-order valence-electron chi connectivity index (χ3n) is 2.03. The first-order valence-corrected chi connectivity index (χ1v) is 9.57. The number of benzene rings is 1. The van der Waals surface area contributed by atoms with Crippen molar-refractivity contribution in [3.05, 3.63) is 34.5 Å². The van der Waals surface area contributed by atoms with Crippen LogP contribution in [0.1, 0.15) is 0 Å². The maximum absolute atomic E-state index is 12.3. The summed E-state index contributed by atoms with van der Waals surface area (Å²) in [5.41, 5.74) is -12.2. The van der Waals surface area contributed by atoms with Gasteiger partial charge in [-0.1, -0.05) is 18.2 Å². The van der Waals surface area contributed by atoms with E-state index in [1.54, 1.807) is 0 Å². The van der Waals surface area contributed by atoms with Crippen molar-refractivity contribution < 1.29 is 98.8 Å². The molecule has 0 amide bonds. The molecule has 0 saturated heterocycles. The quantitative estimate of drug-likeness (QED) is 0.446. The van der Waals surface area contributed by atoms with E-state index in [2.05, 4.69) is 0 Å². The van der Waals surface area contributed by atoms with Gasteiger partial charge in [0, 0.05) is 14.8 Å². The average molecular weight is 458 g/mol. The number of alkyl halides is 6. The average Bonchev–Trinajstić information content (AvgIpc) is 2.35. The van der Waals surface area contributed by atoms with E-state index in [1.165, 1.54) is 6.07 Å². The standard InChI is InChI=1S/C8H5F6N2O5S3.K/c9-7(10,11)23(18,19)15-22(17,6-4-2-1-3-5-6)16-24(20,21)8(12,13)14;/h1-5H;/q-1;+1. The molecule has 25 heavy (non-hydrogen) atoms. The number of rotatable bonds is 4. The van der Waals surface area contributed by atoms with E-state index in [9.17, 15) is 47.4 Å². The molecule has 0 N–H and O–H groups in total. The van der Waals surface area contributed by atoms with Crippen LogP contribution in [0.25, 0.3) is 4.13 Å². The van der Waals surface area contributed by atoms with Crippen LogP contribution in [-0.2, 0) is 30.0 Å². The summed E-state index contributed by atoms with van der Waals surface area (Å²) in [5.74, 6) is 0. The largest absolute Gasteiger partial charge is 1.00 e. The van der Waals surface area contributed by atoms with Crippen LogP contribution in [-0.4, -0.2) is 32.1 Å². The summed E-state index contributed by atoms with van der Waals surface area (Å²) in [5, 5.41) is 0. The van der Waals surface area contributed by atoms with Crippen molar-refractivity contribution in [2.45, 2.75) is 15.9 Å². The van der Waals surface area contributed by atoms with Crippen LogP contribution in [0, 0.1) is 0 Å². The van der Waals surface area contributed by atoms with E-state index in [1.807, 2.05) is 7.90 Å². The maximum atomic E-state index is 12.3. The Kier molecular flexibility index (Phi) is 8.17. The van der Waals surface area contributed by atoms with Crippen molar-refractivity contribution in [2.24, 2.45) is 3.77 Å². The Hall–Kier alpha value is 0.246. The van der Waals surface area contributed by atoms with Crippen molar-refractivity contribution in [3.8, 4) is 0 Å². The van der Waals surface area contributed by atoms with E-state index in [0.717, 1.165) is 12.1 Å². The second kappa shape index (κ2) is 8.09. The molecule has 0 aliphatic rings. The van der Waals surface area contributed by atoms with Crippen LogP contribution in [0.15, 0.2) is 39.0 Å². The van der Waals surface area contributed by atoms with E-state index in [-0.39, 0.29) is 51.4 Å². The Bertz CT molecular complexity index is 933. The van der Waals surface area contributed by atoms with Gasteiger partial charge in [-0.15, -0.1) is 3.77 Å². The third kappa shape index (κ3) is 6.13. The maximum Gasteiger partial charge on any atom is 1.00 e. The summed E-state index contributed by atoms with van der Waals surface area (Å²) in [6.07, 6.45) is 0. The van der Waals surface area contributed by atoms with Gasteiger partial charge in [-0.3, -0.25) is 4.21 Å². The molecule has 0 aromatic heterocycles. The van der Waals surface area contributed by atoms with Gasteiger partial charge in [0.15, 0.2) is 10.0 Å². The fourth-order valence-electron chi connectivity index (χ4n) is 1.05. The van der Waals surface area contributed by atoms with Crippen molar-refractivity contribution >= 4 is 30.0 Å². The molecule has 0 aliphatic carbocycles. The Balaban J connectivity index is 0.00000576. The topological polar surface area (TPSA) is 112 Å². The molecule has 1 atom stereocenters. The molecule has 7 nitrogen and oxygen atoms in total. The number of halogens is 6. The predicted molar refractivity (Wildman–Crippen MR) is 68.6 cm³/mol. The molecular weight excluding hydrogens is 453 g/mol. The molecular formula is C8H5F6KN2O5S3. The van der Waals surface area contributed by atoms with Gasteiger partial charge in [-0.2, -0.15) is 34.8 Å². The first-order valence-electron chi connectivity index (χ1n) is 5.22. The van der Waals surface area contributed by atoms with E-state index in [0.29, 0.717) is 12.1 Å². The van der Waals surface area contributed by atoms with Crippen LogP contribution < -0.4 is 51.4 Å². The number of hydrogen-bond acceptors (Lipinski definition) is 5. The minimum absolute atomic E-state index is 0. The van der Waals surface area contributed by atoms with Gasteiger partial charge in [0.25, 0.3) is 0 Å². The first-order chi connectivity index (χ1) is 10.5. The molecule has 1 aromatic rings. The summed E-state index contributed by atoms with van der Waals surface area (Å²) < 4.78 is 134. The first kappa shape index (κ1) is 25.2. The Morgan fingerprint density at radius 1 is 0.800 bits per heavy atom. The summed E-state index contributed by atoms with van der Waals surface area (Å²) in [6.45, 7) is 0. The zero-order chi connectivity index (χ0) is 19.0. The molecule has 0 heterocycles. The molecule has 17 heteroatoms. The summed E-state index contributed by atoms with van der Waals surface area (Å²) in [4.78, 5) is -1.08. The molecule has 138 valence electrons. The number of hydrogen-bond donors (Lipinski definition) is 0. The summed E-state index contributed by atoms with van der Waals surface area (Å²) in [6, 6.07) is 4.28. The van der Waals surface area contributed by atoms with Crippen LogP contribution in [0.2, 0.25) is 0 Å². The van der Waals surface area contributed by atoms with Gasteiger partial charge in [0.2, 0.25) is 0 Å². The molecule has 0 fully saturated rings. The molecule has 1 unspecified atom stereocenters. The normalized spacial score (nSPS) is 15.8. The van der Waals surface area contributed by atoms with Gasteiger partial charge < -0.3 is 4.13 Å². The molecule has 1 rings (SSSR count). The fraction of sp³-hybridized carbons (Fsp3) is 0.250. The van der Waals surface area contributed by atoms with Crippen LogP contribution >= 0.6 is 0 Å². The number of nitrogens with zero attached hydrogens (tertiary/aromatic N) is 2. The smallest absolute Gasteiger partial charge is 0.441 e. The second-order valence-electron chi connectivity index (χ2n) is 3.80. The van der Waals surface area contributed by atoms with Crippen molar-refractivity contribution in [2.75, 3.05) is 0 Å². The van der Waals surface area contributed by atoms with Gasteiger partial charge in [-0.05, 0) is 12.1 Å². The monoisotopic (exact) mass is 458 g/mol. The van der Waals surface area contributed by atoms with Crippen LogP contribution in [0.5, 0.6) is 0 Å². The Morgan fingerprint density at radius 3 is 1.60 bits per heavy atom. The van der Waals surface area contributed by atoms with Crippen molar-refractivity contribution in [1.82, 2.24) is 0 Å². The zero-order valence-electron chi connectivity index (χ0n) is 11.8. The molecule has 0 spiro atoms. The van der Waals surface area contributed by atoms with E-state index < -0.39 is 45.9 Å². The van der Waals surface area contributed by atoms with Gasteiger partial charge in [0.1, 0.15) is 0 Å². The minimum atomic E-state index is -6.60. The van der Waals surface area contributed by atoms with E-state index in [4.69, 9.17) is 0 Å². The Morgan fingerprint density at radius 2 is 1.24 bits per heavy atom.